The highest BCUT2D eigenvalue weighted by atomic mass is 32.2. The zero-order valence-electron chi connectivity index (χ0n) is 15.4. The second-order valence-corrected chi connectivity index (χ2v) is 8.42. The number of fused-ring (bicyclic) bond motifs is 1. The van der Waals surface area contributed by atoms with E-state index in [1.54, 1.807) is 12.1 Å². The van der Waals surface area contributed by atoms with Crippen LogP contribution in [-0.2, 0) is 19.4 Å². The minimum absolute atomic E-state index is 0.0120. The van der Waals surface area contributed by atoms with Crippen LogP contribution in [-0.4, -0.2) is 39.7 Å². The molecule has 0 saturated carbocycles. The molecule has 1 heterocycles. The van der Waals surface area contributed by atoms with Gasteiger partial charge in [0.2, 0.25) is 5.91 Å². The third-order valence-corrected chi connectivity index (χ3v) is 5.88. The van der Waals surface area contributed by atoms with Crippen LogP contribution in [0.3, 0.4) is 0 Å². The van der Waals surface area contributed by atoms with E-state index in [0.717, 1.165) is 5.56 Å². The third kappa shape index (κ3) is 4.42. The van der Waals surface area contributed by atoms with Gasteiger partial charge in [0.25, 0.3) is 5.91 Å². The van der Waals surface area contributed by atoms with Gasteiger partial charge in [0.05, 0.1) is 29.1 Å². The molecule has 2 aromatic rings. The van der Waals surface area contributed by atoms with E-state index < -0.39 is 15.7 Å². The Balaban J connectivity index is 1.68. The standard InChI is InChI=1S/C19H20N2O6S/c1-12-3-5-16(26-2)14(9-12)20-18(22)7-8-28(24,25)13-4-6-17-15(10-13)21-19(23)11-27-17/h3-6,9-10H,7-8,11H2,1-2H3,(H,20,22)(H,21,23). The molecule has 1 aliphatic heterocycles. The molecule has 2 N–H and O–H groups in total. The average molecular weight is 404 g/mol. The Morgan fingerprint density at radius 2 is 2.04 bits per heavy atom. The van der Waals surface area contributed by atoms with Gasteiger partial charge in [-0.1, -0.05) is 6.07 Å². The number of sulfone groups is 1. The monoisotopic (exact) mass is 404 g/mol. The Morgan fingerprint density at radius 1 is 1.25 bits per heavy atom. The Hall–Kier alpha value is -3.07. The van der Waals surface area contributed by atoms with Gasteiger partial charge in [-0.15, -0.1) is 0 Å². The van der Waals surface area contributed by atoms with Crippen molar-refractivity contribution in [2.75, 3.05) is 30.1 Å². The molecule has 0 atom stereocenters. The number of hydrogen-bond acceptors (Lipinski definition) is 6. The van der Waals surface area contributed by atoms with E-state index in [9.17, 15) is 18.0 Å². The molecule has 148 valence electrons. The number of nitrogens with one attached hydrogen (secondary N) is 2. The van der Waals surface area contributed by atoms with Crippen LogP contribution in [0.5, 0.6) is 11.5 Å². The van der Waals surface area contributed by atoms with Crippen LogP contribution >= 0.6 is 0 Å². The summed E-state index contributed by atoms with van der Waals surface area (Å²) in [6.45, 7) is 1.76. The molecule has 0 radical (unpaired) electrons. The number of amides is 2. The lowest BCUT2D eigenvalue weighted by molar-refractivity contribution is -0.118. The largest absolute Gasteiger partial charge is 0.495 e. The first-order chi connectivity index (χ1) is 13.3. The fraction of sp³-hybridized carbons (Fsp3) is 0.263. The molecular formula is C19H20N2O6S. The summed E-state index contributed by atoms with van der Waals surface area (Å²) in [5.74, 6) is -0.272. The number of rotatable bonds is 6. The molecule has 2 aromatic carbocycles. The summed E-state index contributed by atoms with van der Waals surface area (Å²) >= 11 is 0. The molecule has 0 aromatic heterocycles. The predicted octanol–water partition coefficient (Wildman–Crippen LogP) is 2.14. The minimum Gasteiger partial charge on any atom is -0.495 e. The number of hydrogen-bond donors (Lipinski definition) is 2. The summed E-state index contributed by atoms with van der Waals surface area (Å²) in [6.07, 6.45) is -0.223. The molecule has 28 heavy (non-hydrogen) atoms. The SMILES string of the molecule is COc1ccc(C)cc1NC(=O)CCS(=O)(=O)c1ccc2c(c1)NC(=O)CO2. The Bertz CT molecular complexity index is 1030. The zero-order valence-corrected chi connectivity index (χ0v) is 16.3. The maximum absolute atomic E-state index is 12.6. The highest BCUT2D eigenvalue weighted by Gasteiger charge is 2.22. The first kappa shape index (κ1) is 19.7. The van der Waals surface area contributed by atoms with Crippen LogP contribution < -0.4 is 20.1 Å². The summed E-state index contributed by atoms with van der Waals surface area (Å²) in [6, 6.07) is 9.54. The number of ether oxygens (including phenoxy) is 2. The molecule has 0 saturated heterocycles. The second-order valence-electron chi connectivity index (χ2n) is 6.32. The lowest BCUT2D eigenvalue weighted by Gasteiger charge is -2.18. The normalized spacial score (nSPS) is 13.1. The van der Waals surface area contributed by atoms with Crippen molar-refractivity contribution in [2.45, 2.75) is 18.2 Å². The molecule has 0 fully saturated rings. The highest BCUT2D eigenvalue weighted by Crippen LogP contribution is 2.30. The van der Waals surface area contributed by atoms with Crippen molar-refractivity contribution in [3.8, 4) is 11.5 Å². The summed E-state index contributed by atoms with van der Waals surface area (Å²) in [4.78, 5) is 23.7. The first-order valence-corrected chi connectivity index (χ1v) is 10.2. The number of carbonyl (C=O) groups is 2. The summed E-state index contributed by atoms with van der Waals surface area (Å²) in [7, 11) is -2.23. The van der Waals surface area contributed by atoms with Gasteiger partial charge in [-0.25, -0.2) is 8.42 Å². The number of methoxy groups -OCH3 is 1. The van der Waals surface area contributed by atoms with Crippen LogP contribution in [0.4, 0.5) is 11.4 Å². The lowest BCUT2D eigenvalue weighted by atomic mass is 10.2. The van der Waals surface area contributed by atoms with E-state index >= 15 is 0 Å². The van der Waals surface area contributed by atoms with E-state index in [4.69, 9.17) is 9.47 Å². The van der Waals surface area contributed by atoms with E-state index in [1.807, 2.05) is 13.0 Å². The van der Waals surface area contributed by atoms with E-state index in [-0.39, 0.29) is 29.6 Å². The first-order valence-electron chi connectivity index (χ1n) is 8.52. The number of anilines is 2. The van der Waals surface area contributed by atoms with Crippen molar-refractivity contribution in [3.63, 3.8) is 0 Å². The van der Waals surface area contributed by atoms with E-state index in [0.29, 0.717) is 22.9 Å². The van der Waals surface area contributed by atoms with Crippen molar-refractivity contribution in [3.05, 3.63) is 42.0 Å². The van der Waals surface area contributed by atoms with Gasteiger partial charge in [0.1, 0.15) is 11.5 Å². The minimum atomic E-state index is -3.72. The molecule has 0 bridgehead atoms. The maximum atomic E-state index is 12.6. The predicted molar refractivity (Wildman–Crippen MR) is 104 cm³/mol. The highest BCUT2D eigenvalue weighted by molar-refractivity contribution is 7.91. The second kappa shape index (κ2) is 7.89. The van der Waals surface area contributed by atoms with Gasteiger partial charge in [-0.2, -0.15) is 0 Å². The smallest absolute Gasteiger partial charge is 0.262 e. The van der Waals surface area contributed by atoms with E-state index in [1.165, 1.54) is 25.3 Å². The van der Waals surface area contributed by atoms with Crippen molar-refractivity contribution in [1.29, 1.82) is 0 Å². The lowest BCUT2D eigenvalue weighted by Crippen LogP contribution is -2.25. The van der Waals surface area contributed by atoms with Crippen LogP contribution in [0.1, 0.15) is 12.0 Å². The van der Waals surface area contributed by atoms with Gasteiger partial charge in [0, 0.05) is 6.42 Å². The van der Waals surface area contributed by atoms with E-state index in [2.05, 4.69) is 10.6 Å². The van der Waals surface area contributed by atoms with Crippen molar-refractivity contribution >= 4 is 33.0 Å². The number of carbonyl (C=O) groups excluding carboxylic acids is 2. The zero-order chi connectivity index (χ0) is 20.3. The average Bonchev–Trinajstić information content (AvgIpc) is 2.66. The van der Waals surface area contributed by atoms with Gasteiger partial charge in [-0.3, -0.25) is 9.59 Å². The molecular weight excluding hydrogens is 384 g/mol. The molecule has 0 unspecified atom stereocenters. The Labute approximate surface area is 162 Å². The van der Waals surface area contributed by atoms with Crippen molar-refractivity contribution in [1.82, 2.24) is 0 Å². The molecule has 0 aliphatic carbocycles. The molecule has 9 heteroatoms. The van der Waals surface area contributed by atoms with Gasteiger partial charge in [-0.05, 0) is 42.8 Å². The summed E-state index contributed by atoms with van der Waals surface area (Å²) in [5, 5.41) is 5.24. The third-order valence-electron chi connectivity index (χ3n) is 4.17. The number of benzene rings is 2. The molecule has 3 rings (SSSR count). The molecule has 0 spiro atoms. The summed E-state index contributed by atoms with van der Waals surface area (Å²) in [5.41, 5.74) is 1.71. The topological polar surface area (TPSA) is 111 Å². The van der Waals surface area contributed by atoms with Crippen LogP contribution in [0, 0.1) is 6.92 Å². The Kier molecular flexibility index (Phi) is 5.55. The van der Waals surface area contributed by atoms with Crippen LogP contribution in [0.2, 0.25) is 0 Å². The van der Waals surface area contributed by atoms with Gasteiger partial charge in [0.15, 0.2) is 16.4 Å². The van der Waals surface area contributed by atoms with Gasteiger partial charge < -0.3 is 20.1 Å². The van der Waals surface area contributed by atoms with Crippen LogP contribution in [0.25, 0.3) is 0 Å². The fourth-order valence-electron chi connectivity index (χ4n) is 2.73. The Morgan fingerprint density at radius 3 is 2.79 bits per heavy atom. The quantitative estimate of drug-likeness (QED) is 0.763. The molecule has 2 amide bonds. The molecule has 1 aliphatic rings. The fourth-order valence-corrected chi connectivity index (χ4v) is 4.00. The summed E-state index contributed by atoms with van der Waals surface area (Å²) < 4.78 is 35.6. The van der Waals surface area contributed by atoms with Gasteiger partial charge >= 0.3 is 0 Å². The van der Waals surface area contributed by atoms with Crippen LogP contribution in [0.15, 0.2) is 41.3 Å². The van der Waals surface area contributed by atoms with Crippen molar-refractivity contribution in [2.24, 2.45) is 0 Å². The number of aryl methyl sites for hydroxylation is 1. The van der Waals surface area contributed by atoms with Crippen molar-refractivity contribution < 1.29 is 27.5 Å². The molecule has 8 nitrogen and oxygen atoms in total. The maximum Gasteiger partial charge on any atom is 0.262 e.